The maximum absolute atomic E-state index is 11.2. The Kier molecular flexibility index (Phi) is 2.41. The lowest BCUT2D eigenvalue weighted by Gasteiger charge is -2.17. The Labute approximate surface area is 86.5 Å². The summed E-state index contributed by atoms with van der Waals surface area (Å²) < 4.78 is 5.36. The highest BCUT2D eigenvalue weighted by Gasteiger charge is 2.17. The fourth-order valence-corrected chi connectivity index (χ4v) is 1.63. The molecule has 4 heteroatoms. The van der Waals surface area contributed by atoms with E-state index in [0.29, 0.717) is 6.61 Å². The van der Waals surface area contributed by atoms with Crippen LogP contribution in [0.4, 0.5) is 0 Å². The van der Waals surface area contributed by atoms with Crippen molar-refractivity contribution in [1.29, 1.82) is 0 Å². The van der Waals surface area contributed by atoms with Crippen molar-refractivity contribution in [2.24, 2.45) is 0 Å². The summed E-state index contributed by atoms with van der Waals surface area (Å²) >= 11 is 0. The third-order valence-corrected chi connectivity index (χ3v) is 2.36. The molecule has 2 rings (SSSR count). The van der Waals surface area contributed by atoms with Gasteiger partial charge in [0.05, 0.1) is 6.61 Å². The first-order valence-electron chi connectivity index (χ1n) is 4.72. The maximum Gasteiger partial charge on any atom is 0.377 e. The lowest BCUT2D eigenvalue weighted by atomic mass is 10.0. The molecule has 0 spiro atoms. The minimum atomic E-state index is -1.42. The normalized spacial score (nSPS) is 13.9. The van der Waals surface area contributed by atoms with Crippen LogP contribution in [0.3, 0.4) is 0 Å². The summed E-state index contributed by atoms with van der Waals surface area (Å²) in [5.41, 5.74) is 1.13. The molecule has 0 aliphatic carbocycles. The average Bonchev–Trinajstić information content (AvgIpc) is 2.27. The lowest BCUT2D eigenvalue weighted by Crippen LogP contribution is -2.14. The van der Waals surface area contributed by atoms with E-state index < -0.39 is 11.8 Å². The van der Waals surface area contributed by atoms with Gasteiger partial charge in [-0.05, 0) is 36.6 Å². The van der Waals surface area contributed by atoms with Gasteiger partial charge in [-0.3, -0.25) is 4.79 Å². The van der Waals surface area contributed by atoms with Gasteiger partial charge in [0.1, 0.15) is 5.75 Å². The standard InChI is InChI=1S/C11H10O4/c12-10(11(13)14)8-3-4-9-7(6-8)2-1-5-15-9/h3-4,6H,1-2,5H2,(H,13,14). The van der Waals surface area contributed by atoms with Crippen molar-refractivity contribution >= 4 is 11.8 Å². The summed E-state index contributed by atoms with van der Waals surface area (Å²) in [5, 5.41) is 8.56. The highest BCUT2D eigenvalue weighted by atomic mass is 16.5. The second-order valence-corrected chi connectivity index (χ2v) is 3.41. The van der Waals surface area contributed by atoms with Crippen LogP contribution in [0.5, 0.6) is 5.75 Å². The van der Waals surface area contributed by atoms with Crippen LogP contribution in [0.25, 0.3) is 0 Å². The molecule has 1 aromatic rings. The number of carboxylic acid groups (broad SMARTS) is 1. The molecular formula is C11H10O4. The predicted octanol–water partition coefficient (Wildman–Crippen LogP) is 1.28. The van der Waals surface area contributed by atoms with Crippen molar-refractivity contribution in [2.45, 2.75) is 12.8 Å². The zero-order valence-electron chi connectivity index (χ0n) is 8.03. The highest BCUT2D eigenvalue weighted by molar-refractivity contribution is 6.39. The van der Waals surface area contributed by atoms with Crippen molar-refractivity contribution in [2.75, 3.05) is 6.61 Å². The molecule has 0 atom stereocenters. The minimum Gasteiger partial charge on any atom is -0.493 e. The number of fused-ring (bicyclic) bond motifs is 1. The second kappa shape index (κ2) is 3.73. The van der Waals surface area contributed by atoms with Crippen molar-refractivity contribution in [1.82, 2.24) is 0 Å². The maximum atomic E-state index is 11.2. The molecule has 0 amide bonds. The number of benzene rings is 1. The fraction of sp³-hybridized carbons (Fsp3) is 0.273. The van der Waals surface area contributed by atoms with E-state index in [9.17, 15) is 9.59 Å². The molecule has 0 unspecified atom stereocenters. The zero-order valence-corrected chi connectivity index (χ0v) is 8.03. The molecule has 78 valence electrons. The van der Waals surface area contributed by atoms with Gasteiger partial charge in [-0.15, -0.1) is 0 Å². The van der Waals surface area contributed by atoms with Gasteiger partial charge in [-0.2, -0.15) is 0 Å². The van der Waals surface area contributed by atoms with E-state index >= 15 is 0 Å². The van der Waals surface area contributed by atoms with Gasteiger partial charge < -0.3 is 9.84 Å². The molecule has 0 aromatic heterocycles. The van der Waals surface area contributed by atoms with Crippen molar-refractivity contribution < 1.29 is 19.4 Å². The average molecular weight is 206 g/mol. The molecule has 1 heterocycles. The summed E-state index contributed by atoms with van der Waals surface area (Å²) in [6, 6.07) is 4.75. The first kappa shape index (κ1) is 9.71. The number of hydrogen-bond donors (Lipinski definition) is 1. The molecule has 15 heavy (non-hydrogen) atoms. The van der Waals surface area contributed by atoms with Crippen molar-refractivity contribution in [3.63, 3.8) is 0 Å². The molecule has 1 N–H and O–H groups in total. The number of aryl methyl sites for hydroxylation is 1. The van der Waals surface area contributed by atoms with Crippen LogP contribution >= 0.6 is 0 Å². The molecule has 0 fully saturated rings. The van der Waals surface area contributed by atoms with Gasteiger partial charge in [0.25, 0.3) is 5.78 Å². The number of carboxylic acids is 1. The molecule has 0 radical (unpaired) electrons. The van der Waals surface area contributed by atoms with Gasteiger partial charge in [-0.25, -0.2) is 4.79 Å². The molecule has 0 saturated heterocycles. The molecule has 0 saturated carbocycles. The first-order valence-corrected chi connectivity index (χ1v) is 4.72. The predicted molar refractivity (Wildman–Crippen MR) is 52.2 cm³/mol. The van der Waals surface area contributed by atoms with E-state index in [2.05, 4.69) is 0 Å². The highest BCUT2D eigenvalue weighted by Crippen LogP contribution is 2.25. The van der Waals surface area contributed by atoms with Gasteiger partial charge in [0, 0.05) is 5.56 Å². The topological polar surface area (TPSA) is 63.6 Å². The quantitative estimate of drug-likeness (QED) is 0.584. The van der Waals surface area contributed by atoms with Crippen LogP contribution in [0.2, 0.25) is 0 Å². The van der Waals surface area contributed by atoms with Crippen molar-refractivity contribution in [3.8, 4) is 5.75 Å². The van der Waals surface area contributed by atoms with Gasteiger partial charge in [0.15, 0.2) is 0 Å². The monoisotopic (exact) mass is 206 g/mol. The third kappa shape index (κ3) is 1.83. The Morgan fingerprint density at radius 3 is 2.87 bits per heavy atom. The van der Waals surface area contributed by atoms with E-state index in [1.807, 2.05) is 0 Å². The number of carbonyl (C=O) groups excluding carboxylic acids is 1. The SMILES string of the molecule is O=C(O)C(=O)c1ccc2c(c1)CCCO2. The Balaban J connectivity index is 2.36. The van der Waals surface area contributed by atoms with Crippen LogP contribution in [-0.2, 0) is 11.2 Å². The summed E-state index contributed by atoms with van der Waals surface area (Å²) in [6.45, 7) is 0.680. The van der Waals surface area contributed by atoms with E-state index in [4.69, 9.17) is 9.84 Å². The lowest BCUT2D eigenvalue weighted by molar-refractivity contribution is -0.131. The van der Waals surface area contributed by atoms with E-state index in [1.165, 1.54) is 6.07 Å². The first-order chi connectivity index (χ1) is 7.18. The van der Waals surface area contributed by atoms with Crippen LogP contribution in [0, 0.1) is 0 Å². The summed E-state index contributed by atoms with van der Waals surface area (Å²) in [5.74, 6) is -1.54. The number of hydrogen-bond acceptors (Lipinski definition) is 3. The third-order valence-electron chi connectivity index (χ3n) is 2.36. The molecule has 0 bridgehead atoms. The summed E-state index contributed by atoms with van der Waals surface area (Å²) in [6.07, 6.45) is 1.73. The Bertz CT molecular complexity index is 423. The molecule has 4 nitrogen and oxygen atoms in total. The minimum absolute atomic E-state index is 0.215. The van der Waals surface area contributed by atoms with E-state index in [-0.39, 0.29) is 5.56 Å². The molecule has 1 aliphatic heterocycles. The van der Waals surface area contributed by atoms with Crippen molar-refractivity contribution in [3.05, 3.63) is 29.3 Å². The molecular weight excluding hydrogens is 196 g/mol. The van der Waals surface area contributed by atoms with Gasteiger partial charge in [-0.1, -0.05) is 0 Å². The largest absolute Gasteiger partial charge is 0.493 e. The van der Waals surface area contributed by atoms with E-state index in [1.54, 1.807) is 12.1 Å². The van der Waals surface area contributed by atoms with Crippen LogP contribution in [0.15, 0.2) is 18.2 Å². The number of aliphatic carboxylic acids is 1. The zero-order chi connectivity index (χ0) is 10.8. The van der Waals surface area contributed by atoms with Crippen LogP contribution < -0.4 is 4.74 Å². The number of Topliss-reactive ketones (excluding diaryl/α,β-unsaturated/α-hetero) is 1. The van der Waals surface area contributed by atoms with Crippen LogP contribution in [-0.4, -0.2) is 23.5 Å². The Morgan fingerprint density at radius 2 is 2.13 bits per heavy atom. The van der Waals surface area contributed by atoms with Crippen LogP contribution in [0.1, 0.15) is 22.3 Å². The fourth-order valence-electron chi connectivity index (χ4n) is 1.63. The van der Waals surface area contributed by atoms with E-state index in [0.717, 1.165) is 24.2 Å². The molecule has 1 aliphatic rings. The Hall–Kier alpha value is -1.84. The number of carbonyl (C=O) groups is 2. The number of ether oxygens (including phenoxy) is 1. The summed E-state index contributed by atoms with van der Waals surface area (Å²) in [7, 11) is 0. The Morgan fingerprint density at radius 1 is 1.33 bits per heavy atom. The smallest absolute Gasteiger partial charge is 0.377 e. The summed E-state index contributed by atoms with van der Waals surface area (Å²) in [4.78, 5) is 21.7. The number of ketones is 1. The molecule has 1 aromatic carbocycles. The second-order valence-electron chi connectivity index (χ2n) is 3.41. The van der Waals surface area contributed by atoms with Gasteiger partial charge >= 0.3 is 5.97 Å². The van der Waals surface area contributed by atoms with Gasteiger partial charge in [0.2, 0.25) is 0 Å². The number of rotatable bonds is 2.